The molecule has 0 spiro atoms. The number of anilines is 1. The van der Waals surface area contributed by atoms with Crippen molar-refractivity contribution in [1.82, 2.24) is 9.78 Å². The Bertz CT molecular complexity index is 1400. The van der Waals surface area contributed by atoms with Gasteiger partial charge >= 0.3 is 11.6 Å². The average Bonchev–Trinajstić information content (AvgIpc) is 3.61. The van der Waals surface area contributed by atoms with Crippen LogP contribution >= 0.6 is 0 Å². The molecule has 180 valence electrons. The lowest BCUT2D eigenvalue weighted by Gasteiger charge is -2.26. The predicted molar refractivity (Wildman–Crippen MR) is 134 cm³/mol. The van der Waals surface area contributed by atoms with Gasteiger partial charge in [0.05, 0.1) is 29.2 Å². The quantitative estimate of drug-likeness (QED) is 0.287. The smallest absolute Gasteiger partial charge is 0.325 e. The van der Waals surface area contributed by atoms with Crippen molar-refractivity contribution in [3.05, 3.63) is 60.4 Å². The fraction of sp³-hybridized carbons (Fsp3) is 0.393. The monoisotopic (exact) mass is 471 g/mol. The third-order valence-corrected chi connectivity index (χ3v) is 7.45. The van der Waals surface area contributed by atoms with E-state index in [1.54, 1.807) is 12.1 Å². The van der Waals surface area contributed by atoms with E-state index in [9.17, 15) is 10.0 Å². The summed E-state index contributed by atoms with van der Waals surface area (Å²) in [6, 6.07) is 15.2. The van der Waals surface area contributed by atoms with Gasteiger partial charge in [-0.2, -0.15) is 5.10 Å². The summed E-state index contributed by atoms with van der Waals surface area (Å²) in [6.45, 7) is 2.95. The highest BCUT2D eigenvalue weighted by Gasteiger charge is 2.27. The van der Waals surface area contributed by atoms with Crippen molar-refractivity contribution in [1.29, 1.82) is 0 Å². The number of para-hydroxylation sites is 1. The Balaban J connectivity index is 1.32. The van der Waals surface area contributed by atoms with Crippen LogP contribution in [0.3, 0.4) is 0 Å². The number of carbonyl (C=O) groups excluding carboxylic acids is 1. The van der Waals surface area contributed by atoms with Gasteiger partial charge in [0, 0.05) is 34.5 Å². The number of fused-ring (bicyclic) bond motifs is 2. The highest BCUT2D eigenvalue weighted by molar-refractivity contribution is 6.04. The van der Waals surface area contributed by atoms with Gasteiger partial charge in [0.25, 0.3) is 5.52 Å². The van der Waals surface area contributed by atoms with Gasteiger partial charge in [-0.15, -0.1) is 0 Å². The normalized spacial score (nSPS) is 20.3. The molecule has 2 fully saturated rings. The third-order valence-electron chi connectivity index (χ3n) is 7.45. The number of amides is 1. The van der Waals surface area contributed by atoms with Crippen molar-refractivity contribution in [3.63, 3.8) is 0 Å². The largest absolute Gasteiger partial charge is 0.491 e. The number of benzene rings is 2. The topological polar surface area (TPSA) is 80.3 Å². The van der Waals surface area contributed by atoms with Gasteiger partial charge in [0.15, 0.2) is 0 Å². The molecule has 2 aromatic heterocycles. The van der Waals surface area contributed by atoms with Crippen LogP contribution in [0.1, 0.15) is 62.0 Å². The van der Waals surface area contributed by atoms with Gasteiger partial charge in [-0.05, 0) is 68.6 Å². The Morgan fingerprint density at radius 3 is 2.69 bits per heavy atom. The van der Waals surface area contributed by atoms with Crippen LogP contribution in [0.5, 0.6) is 5.75 Å². The van der Waals surface area contributed by atoms with Gasteiger partial charge in [-0.1, -0.05) is 19.1 Å². The van der Waals surface area contributed by atoms with Crippen molar-refractivity contribution >= 4 is 33.4 Å². The number of aromatic nitrogens is 3. The Morgan fingerprint density at radius 1 is 1.09 bits per heavy atom. The fourth-order valence-electron chi connectivity index (χ4n) is 5.02. The molecule has 2 aliphatic rings. The van der Waals surface area contributed by atoms with Crippen molar-refractivity contribution in [3.8, 4) is 5.75 Å². The van der Waals surface area contributed by atoms with E-state index in [-0.39, 0.29) is 5.69 Å². The molecule has 6 rings (SSSR count). The van der Waals surface area contributed by atoms with E-state index >= 15 is 0 Å². The zero-order valence-corrected chi connectivity index (χ0v) is 20.0. The van der Waals surface area contributed by atoms with Crippen LogP contribution in [0, 0.1) is 11.8 Å². The molecule has 7 heteroatoms. The second-order valence-corrected chi connectivity index (χ2v) is 10.2. The molecule has 0 aliphatic heterocycles. The number of nitrogens with zero attached hydrogens (tertiary/aromatic N) is 3. The third kappa shape index (κ3) is 4.43. The maximum absolute atomic E-state index is 13.2. The molecule has 35 heavy (non-hydrogen) atoms. The van der Waals surface area contributed by atoms with Gasteiger partial charge in [-0.3, -0.25) is 14.7 Å². The lowest BCUT2D eigenvalue weighted by molar-refractivity contribution is -0.885. The lowest BCUT2D eigenvalue weighted by atomic mass is 9.87. The number of carbonyl (C=O) groups is 1. The standard InChI is InChI=1S/C28H30N4O3/c1-18-6-11-22(12-7-18)31-16-21-14-24(27(15-23(21)30-31)35-17-19-8-9-19)29-28(33)26-13-10-20-4-2-3-5-25(20)32(26)34/h2-5,10,13-16,18-19,22H,6-9,11-12,17H2,1H3,(H-,29,33,34)/p+1. The first-order valence-electron chi connectivity index (χ1n) is 12.7. The summed E-state index contributed by atoms with van der Waals surface area (Å²) in [4.78, 5) is 13.2. The minimum Gasteiger partial charge on any atom is -0.491 e. The number of pyridine rings is 1. The zero-order valence-electron chi connectivity index (χ0n) is 20.0. The molecular weight excluding hydrogens is 440 g/mol. The maximum Gasteiger partial charge on any atom is 0.325 e. The van der Waals surface area contributed by atoms with E-state index in [1.807, 2.05) is 36.4 Å². The number of rotatable bonds is 6. The number of hydrogen-bond acceptors (Lipinski definition) is 4. The Labute approximate surface area is 204 Å². The summed E-state index contributed by atoms with van der Waals surface area (Å²) in [5.74, 6) is 1.58. The fourth-order valence-corrected chi connectivity index (χ4v) is 5.02. The van der Waals surface area contributed by atoms with Crippen LogP contribution in [-0.2, 0) is 0 Å². The summed E-state index contributed by atoms with van der Waals surface area (Å²) in [6.07, 6.45) is 9.18. The molecule has 2 heterocycles. The minimum absolute atomic E-state index is 0.156. The highest BCUT2D eigenvalue weighted by atomic mass is 16.5. The van der Waals surface area contributed by atoms with Gasteiger partial charge in [-0.25, -0.2) is 0 Å². The molecule has 0 bridgehead atoms. The van der Waals surface area contributed by atoms with Gasteiger partial charge in [0.1, 0.15) is 5.75 Å². The molecule has 2 aromatic carbocycles. The zero-order chi connectivity index (χ0) is 23.9. The number of hydrogen-bond donors (Lipinski definition) is 2. The first kappa shape index (κ1) is 21.9. The molecule has 0 unspecified atom stereocenters. The molecule has 0 radical (unpaired) electrons. The molecule has 2 N–H and O–H groups in total. The molecule has 0 saturated heterocycles. The van der Waals surface area contributed by atoms with E-state index in [0.29, 0.717) is 35.5 Å². The Morgan fingerprint density at radius 2 is 1.89 bits per heavy atom. The molecule has 1 amide bonds. The van der Waals surface area contributed by atoms with E-state index in [0.717, 1.165) is 39.8 Å². The van der Waals surface area contributed by atoms with Crippen molar-refractivity contribution in [2.75, 3.05) is 11.9 Å². The summed E-state index contributed by atoms with van der Waals surface area (Å²) >= 11 is 0. The van der Waals surface area contributed by atoms with Gasteiger partial charge < -0.3 is 10.1 Å². The van der Waals surface area contributed by atoms with Crippen molar-refractivity contribution < 1.29 is 19.5 Å². The van der Waals surface area contributed by atoms with Crippen LogP contribution in [0.2, 0.25) is 0 Å². The van der Waals surface area contributed by atoms with Crippen LogP contribution < -0.4 is 14.8 Å². The van der Waals surface area contributed by atoms with E-state index < -0.39 is 5.91 Å². The van der Waals surface area contributed by atoms with Crippen LogP contribution in [0.25, 0.3) is 21.8 Å². The van der Waals surface area contributed by atoms with Crippen LogP contribution in [-0.4, -0.2) is 27.5 Å². The molecular formula is C28H31N4O3+. The molecule has 2 saturated carbocycles. The van der Waals surface area contributed by atoms with Crippen LogP contribution in [0.15, 0.2) is 54.7 Å². The number of nitrogens with one attached hydrogen (secondary N) is 1. The Kier molecular flexibility index (Phi) is 5.55. The summed E-state index contributed by atoms with van der Waals surface area (Å²) < 4.78 is 9.18. The van der Waals surface area contributed by atoms with Crippen molar-refractivity contribution in [2.24, 2.45) is 11.8 Å². The molecule has 2 aliphatic carbocycles. The number of ether oxygens (including phenoxy) is 1. The van der Waals surface area contributed by atoms with E-state index in [4.69, 9.17) is 9.84 Å². The lowest BCUT2D eigenvalue weighted by Crippen LogP contribution is -2.40. The second-order valence-electron chi connectivity index (χ2n) is 10.2. The SMILES string of the molecule is CC1CCC(n2cc3cc(NC(=O)c4ccc5ccccc5[n+]4O)c(OCC4CC4)cc3n2)CC1. The molecule has 0 atom stereocenters. The summed E-state index contributed by atoms with van der Waals surface area (Å²) in [7, 11) is 0. The second kappa shape index (κ2) is 8.87. The predicted octanol–water partition coefficient (Wildman–Crippen LogP) is 5.51. The molecule has 7 nitrogen and oxygen atoms in total. The Hall–Kier alpha value is -3.61. The van der Waals surface area contributed by atoms with Crippen LogP contribution in [0.4, 0.5) is 5.69 Å². The van der Waals surface area contributed by atoms with Gasteiger partial charge in [0.2, 0.25) is 0 Å². The first-order valence-corrected chi connectivity index (χ1v) is 12.7. The summed E-state index contributed by atoms with van der Waals surface area (Å²) in [5, 5.41) is 20.4. The highest BCUT2D eigenvalue weighted by Crippen LogP contribution is 2.36. The average molecular weight is 472 g/mol. The van der Waals surface area contributed by atoms with E-state index in [2.05, 4.69) is 23.1 Å². The maximum atomic E-state index is 13.2. The van der Waals surface area contributed by atoms with E-state index in [1.165, 1.54) is 25.7 Å². The summed E-state index contributed by atoms with van der Waals surface area (Å²) in [5.41, 5.74) is 2.19. The van der Waals surface area contributed by atoms with Crippen molar-refractivity contribution in [2.45, 2.75) is 51.5 Å². The molecule has 4 aromatic rings. The minimum atomic E-state index is -0.400. The first-order chi connectivity index (χ1) is 17.0.